The highest BCUT2D eigenvalue weighted by molar-refractivity contribution is 5.93. The molecule has 2 nitrogen and oxygen atoms in total. The minimum atomic E-state index is 0.458. The van der Waals surface area contributed by atoms with Crippen LogP contribution in [0.3, 0.4) is 0 Å². The molecule has 0 spiro atoms. The first-order chi connectivity index (χ1) is 12.6. The van der Waals surface area contributed by atoms with Crippen molar-refractivity contribution in [2.75, 3.05) is 13.1 Å². The molecule has 0 unspecified atom stereocenters. The van der Waals surface area contributed by atoms with Crippen LogP contribution in [0.25, 0.3) is 16.5 Å². The lowest BCUT2D eigenvalue weighted by Crippen LogP contribution is -2.26. The van der Waals surface area contributed by atoms with Crippen LogP contribution in [0.1, 0.15) is 69.2 Å². The molecular weight excluding hydrogens is 316 g/mol. The van der Waals surface area contributed by atoms with E-state index < -0.39 is 0 Å². The van der Waals surface area contributed by atoms with Crippen LogP contribution in [0.4, 0.5) is 0 Å². The summed E-state index contributed by atoms with van der Waals surface area (Å²) < 4.78 is 0. The lowest BCUT2D eigenvalue weighted by Gasteiger charge is -2.23. The van der Waals surface area contributed by atoms with E-state index in [0.29, 0.717) is 11.8 Å². The van der Waals surface area contributed by atoms with Gasteiger partial charge in [-0.1, -0.05) is 44.7 Å². The van der Waals surface area contributed by atoms with E-state index in [2.05, 4.69) is 74.9 Å². The summed E-state index contributed by atoms with van der Waals surface area (Å²) in [5.41, 5.74) is 7.91. The Bertz CT molecular complexity index is 842. The molecule has 2 heteroatoms. The molecule has 138 valence electrons. The van der Waals surface area contributed by atoms with Crippen molar-refractivity contribution in [1.29, 1.82) is 0 Å². The largest absolute Gasteiger partial charge is 0.354 e. The molecule has 0 bridgehead atoms. The fourth-order valence-electron chi connectivity index (χ4n) is 4.14. The molecule has 0 amide bonds. The van der Waals surface area contributed by atoms with Crippen molar-refractivity contribution in [1.82, 2.24) is 10.3 Å². The Morgan fingerprint density at radius 2 is 1.96 bits per heavy atom. The van der Waals surface area contributed by atoms with Gasteiger partial charge in [0.05, 0.1) is 5.69 Å². The van der Waals surface area contributed by atoms with Gasteiger partial charge in [0.2, 0.25) is 0 Å². The first-order valence-electron chi connectivity index (χ1n) is 9.89. The molecular formula is C24H32N2. The summed E-state index contributed by atoms with van der Waals surface area (Å²) in [6.45, 7) is 15.0. The monoisotopic (exact) mass is 348 g/mol. The Kier molecular flexibility index (Phi) is 5.83. The zero-order chi connectivity index (χ0) is 18.7. The van der Waals surface area contributed by atoms with Gasteiger partial charge >= 0.3 is 0 Å². The SMILES string of the molecule is C=C/C=C(\C(C)=C/C)c1[nH]c2ccc(C3CCNCC3)cc2c1C(C)C. The molecule has 2 N–H and O–H groups in total. The predicted molar refractivity (Wildman–Crippen MR) is 115 cm³/mol. The number of hydrogen-bond donors (Lipinski definition) is 2. The van der Waals surface area contributed by atoms with Gasteiger partial charge in [0.15, 0.2) is 0 Å². The minimum Gasteiger partial charge on any atom is -0.354 e. The normalized spacial score (nSPS) is 17.3. The van der Waals surface area contributed by atoms with Crippen LogP contribution < -0.4 is 5.32 Å². The van der Waals surface area contributed by atoms with Crippen molar-refractivity contribution in [3.63, 3.8) is 0 Å². The number of aromatic amines is 1. The van der Waals surface area contributed by atoms with Gasteiger partial charge in [-0.05, 0) is 80.4 Å². The Hall–Kier alpha value is -2.06. The average Bonchev–Trinajstić information content (AvgIpc) is 3.04. The molecule has 2 aromatic rings. The third-order valence-electron chi connectivity index (χ3n) is 5.66. The van der Waals surface area contributed by atoms with E-state index in [1.54, 1.807) is 0 Å². The minimum absolute atomic E-state index is 0.458. The van der Waals surface area contributed by atoms with Crippen LogP contribution in [-0.4, -0.2) is 18.1 Å². The molecule has 1 aliphatic rings. The van der Waals surface area contributed by atoms with Gasteiger partial charge in [0, 0.05) is 16.5 Å². The molecule has 0 atom stereocenters. The molecule has 0 aliphatic carbocycles. The zero-order valence-electron chi connectivity index (χ0n) is 16.7. The summed E-state index contributed by atoms with van der Waals surface area (Å²) in [6, 6.07) is 7.04. The molecule has 1 saturated heterocycles. The second-order valence-electron chi connectivity index (χ2n) is 7.69. The lowest BCUT2D eigenvalue weighted by molar-refractivity contribution is 0.460. The molecule has 0 saturated carbocycles. The third kappa shape index (κ3) is 3.57. The standard InChI is InChI=1S/C24H32N2/c1-6-8-20(17(5)7-2)24-23(16(3)4)21-15-19(9-10-22(21)26-24)18-11-13-25-14-12-18/h6-10,15-16,18,25-26H,1,11-14H2,2-5H3/b17-7-,20-8+. The highest BCUT2D eigenvalue weighted by Gasteiger charge is 2.21. The summed E-state index contributed by atoms with van der Waals surface area (Å²) in [6.07, 6.45) is 8.65. The fraction of sp³-hybridized carbons (Fsp3) is 0.417. The van der Waals surface area contributed by atoms with Gasteiger partial charge in [-0.25, -0.2) is 0 Å². The van der Waals surface area contributed by atoms with Gasteiger partial charge in [-0.2, -0.15) is 0 Å². The summed E-state index contributed by atoms with van der Waals surface area (Å²) in [4.78, 5) is 3.71. The van der Waals surface area contributed by atoms with Gasteiger partial charge in [-0.3, -0.25) is 0 Å². The van der Waals surface area contributed by atoms with E-state index in [0.717, 1.165) is 13.1 Å². The molecule has 1 aliphatic heterocycles. The second kappa shape index (κ2) is 8.09. The summed E-state index contributed by atoms with van der Waals surface area (Å²) in [5, 5.41) is 4.85. The van der Waals surface area contributed by atoms with Crippen LogP contribution >= 0.6 is 0 Å². The molecule has 2 heterocycles. The first-order valence-corrected chi connectivity index (χ1v) is 9.89. The Labute approximate surface area is 158 Å². The molecule has 3 rings (SSSR count). The predicted octanol–water partition coefficient (Wildman–Crippen LogP) is 6.29. The van der Waals surface area contributed by atoms with Crippen LogP contribution in [0.5, 0.6) is 0 Å². The number of H-pyrrole nitrogens is 1. The molecule has 0 radical (unpaired) electrons. The maximum Gasteiger partial charge on any atom is 0.0502 e. The smallest absolute Gasteiger partial charge is 0.0502 e. The Morgan fingerprint density at radius 1 is 1.23 bits per heavy atom. The summed E-state index contributed by atoms with van der Waals surface area (Å²) >= 11 is 0. The number of piperidine rings is 1. The third-order valence-corrected chi connectivity index (χ3v) is 5.66. The fourth-order valence-corrected chi connectivity index (χ4v) is 4.14. The van der Waals surface area contributed by atoms with Gasteiger partial charge in [-0.15, -0.1) is 0 Å². The van der Waals surface area contributed by atoms with E-state index in [1.165, 1.54) is 51.7 Å². The molecule has 1 aromatic carbocycles. The lowest BCUT2D eigenvalue weighted by atomic mass is 9.87. The summed E-state index contributed by atoms with van der Waals surface area (Å²) in [5.74, 6) is 1.14. The van der Waals surface area contributed by atoms with Crippen molar-refractivity contribution in [2.45, 2.75) is 52.4 Å². The van der Waals surface area contributed by atoms with Crippen molar-refractivity contribution in [3.8, 4) is 0 Å². The van der Waals surface area contributed by atoms with E-state index >= 15 is 0 Å². The quantitative estimate of drug-likeness (QED) is 0.610. The van der Waals surface area contributed by atoms with E-state index in [4.69, 9.17) is 0 Å². The highest BCUT2D eigenvalue weighted by Crippen LogP contribution is 2.37. The summed E-state index contributed by atoms with van der Waals surface area (Å²) in [7, 11) is 0. The number of aromatic nitrogens is 1. The van der Waals surface area contributed by atoms with Gasteiger partial charge < -0.3 is 10.3 Å². The van der Waals surface area contributed by atoms with Crippen LogP contribution in [-0.2, 0) is 0 Å². The van der Waals surface area contributed by atoms with Crippen molar-refractivity contribution >= 4 is 16.5 Å². The zero-order valence-corrected chi connectivity index (χ0v) is 16.7. The van der Waals surface area contributed by atoms with Crippen molar-refractivity contribution < 1.29 is 0 Å². The Balaban J connectivity index is 2.17. The van der Waals surface area contributed by atoms with Gasteiger partial charge in [0.25, 0.3) is 0 Å². The van der Waals surface area contributed by atoms with Gasteiger partial charge in [0.1, 0.15) is 0 Å². The van der Waals surface area contributed by atoms with Crippen molar-refractivity contribution in [3.05, 3.63) is 65.4 Å². The van der Waals surface area contributed by atoms with E-state index in [-0.39, 0.29) is 0 Å². The molecule has 26 heavy (non-hydrogen) atoms. The molecule has 1 aromatic heterocycles. The van der Waals surface area contributed by atoms with Crippen LogP contribution in [0.2, 0.25) is 0 Å². The number of nitrogens with one attached hydrogen (secondary N) is 2. The number of benzene rings is 1. The maximum absolute atomic E-state index is 3.92. The van der Waals surface area contributed by atoms with Crippen LogP contribution in [0.15, 0.2) is 48.6 Å². The topological polar surface area (TPSA) is 27.8 Å². The number of hydrogen-bond acceptors (Lipinski definition) is 1. The Morgan fingerprint density at radius 3 is 2.58 bits per heavy atom. The second-order valence-corrected chi connectivity index (χ2v) is 7.69. The van der Waals surface area contributed by atoms with Crippen molar-refractivity contribution in [2.24, 2.45) is 0 Å². The number of allylic oxidation sites excluding steroid dienone is 5. The maximum atomic E-state index is 3.92. The molecule has 1 fully saturated rings. The van der Waals surface area contributed by atoms with E-state index in [9.17, 15) is 0 Å². The van der Waals surface area contributed by atoms with Crippen LogP contribution in [0, 0.1) is 0 Å². The number of rotatable bonds is 5. The van der Waals surface area contributed by atoms with E-state index in [1.807, 2.05) is 6.08 Å². The highest BCUT2D eigenvalue weighted by atomic mass is 14.9. The first kappa shape index (κ1) is 18.7. The number of fused-ring (bicyclic) bond motifs is 1. The average molecular weight is 349 g/mol.